The van der Waals surface area contributed by atoms with Gasteiger partial charge in [0.1, 0.15) is 17.4 Å². The van der Waals surface area contributed by atoms with E-state index in [2.05, 4.69) is 4.74 Å². The molecule has 2 aromatic carbocycles. The van der Waals surface area contributed by atoms with Gasteiger partial charge in [0.15, 0.2) is 0 Å². The Bertz CT molecular complexity index is 986. The third-order valence-corrected chi connectivity index (χ3v) is 4.20. The number of hydrogen-bond donors (Lipinski definition) is 1. The number of hydrogen-bond acceptors (Lipinski definition) is 6. The highest BCUT2D eigenvalue weighted by molar-refractivity contribution is 6.42. The van der Waals surface area contributed by atoms with Crippen LogP contribution in [0.1, 0.15) is 17.0 Å². The Hall–Kier alpha value is -3.85. The number of esters is 1. The van der Waals surface area contributed by atoms with E-state index in [-0.39, 0.29) is 22.8 Å². The number of allylic oxidation sites excluding steroid dienone is 1. The first-order valence-electron chi connectivity index (χ1n) is 8.13. The van der Waals surface area contributed by atoms with Crippen LogP contribution in [-0.4, -0.2) is 18.9 Å². The lowest BCUT2D eigenvalue weighted by atomic mass is 9.80. The Balaban J connectivity index is 2.31. The summed E-state index contributed by atoms with van der Waals surface area (Å²) in [6.45, 7) is 0. The summed E-state index contributed by atoms with van der Waals surface area (Å²) >= 11 is 0. The van der Waals surface area contributed by atoms with E-state index < -0.39 is 17.7 Å². The molecule has 0 fully saturated rings. The summed E-state index contributed by atoms with van der Waals surface area (Å²) in [6.07, 6.45) is 0. The number of nitrogens with two attached hydrogens (primary N) is 1. The van der Waals surface area contributed by atoms with Gasteiger partial charge in [-0.1, -0.05) is 60.7 Å². The molecule has 0 aromatic heterocycles. The van der Waals surface area contributed by atoms with E-state index in [4.69, 9.17) is 10.5 Å². The van der Waals surface area contributed by atoms with E-state index in [1.807, 2.05) is 18.2 Å². The van der Waals surface area contributed by atoms with E-state index in [0.717, 1.165) is 7.11 Å². The third kappa shape index (κ3) is 3.31. The third-order valence-electron chi connectivity index (χ3n) is 4.20. The van der Waals surface area contributed by atoms with Crippen molar-refractivity contribution < 1.29 is 19.1 Å². The fourth-order valence-corrected chi connectivity index (χ4v) is 2.98. The topological polar surface area (TPSA) is 102 Å². The maximum absolute atomic E-state index is 12.9. The van der Waals surface area contributed by atoms with Crippen molar-refractivity contribution in [1.29, 1.82) is 5.26 Å². The van der Waals surface area contributed by atoms with Gasteiger partial charge in [0.25, 0.3) is 5.78 Å². The van der Waals surface area contributed by atoms with Crippen molar-refractivity contribution in [3.05, 3.63) is 88.8 Å². The lowest BCUT2D eigenvalue weighted by molar-refractivity contribution is -0.150. The van der Waals surface area contributed by atoms with Crippen LogP contribution in [0.5, 0.6) is 0 Å². The average molecular weight is 360 g/mol. The Morgan fingerprint density at radius 2 is 1.67 bits per heavy atom. The van der Waals surface area contributed by atoms with Gasteiger partial charge in [-0.3, -0.25) is 4.79 Å². The number of carbonyl (C=O) groups is 2. The number of benzene rings is 2. The number of nitrogens with zero attached hydrogens (tertiary/aromatic N) is 1. The summed E-state index contributed by atoms with van der Waals surface area (Å²) < 4.78 is 10.3. The molecule has 134 valence electrons. The standard InChI is InChI=1S/C21H16N2O4/c1-26-21(25)18(24)17-16(13-8-4-2-5-9-13)15(12-22)20(23)27-19(17)14-10-6-3-7-11-14/h2-11,16H,23H2,1H3. The second-order valence-corrected chi connectivity index (χ2v) is 5.77. The first kappa shape index (κ1) is 18.0. The molecule has 0 spiro atoms. The van der Waals surface area contributed by atoms with Crippen molar-refractivity contribution in [3.8, 4) is 6.07 Å². The number of ketones is 1. The zero-order valence-electron chi connectivity index (χ0n) is 14.5. The highest BCUT2D eigenvalue weighted by Gasteiger charge is 2.39. The van der Waals surface area contributed by atoms with Gasteiger partial charge in [0.2, 0.25) is 5.88 Å². The number of nitriles is 1. The highest BCUT2D eigenvalue weighted by Crippen LogP contribution is 2.42. The average Bonchev–Trinajstić information content (AvgIpc) is 2.73. The van der Waals surface area contributed by atoms with Crippen molar-refractivity contribution in [2.75, 3.05) is 7.11 Å². The fraction of sp³-hybridized carbons (Fsp3) is 0.0952. The Labute approximate surface area is 156 Å². The zero-order valence-corrected chi connectivity index (χ0v) is 14.5. The van der Waals surface area contributed by atoms with Crippen LogP contribution in [0.15, 0.2) is 77.7 Å². The maximum Gasteiger partial charge on any atom is 0.379 e. The summed E-state index contributed by atoms with van der Waals surface area (Å²) in [5.74, 6) is -2.74. The van der Waals surface area contributed by atoms with Crippen molar-refractivity contribution in [2.45, 2.75) is 5.92 Å². The van der Waals surface area contributed by atoms with Crippen LogP contribution in [0.4, 0.5) is 0 Å². The van der Waals surface area contributed by atoms with Crippen molar-refractivity contribution in [1.82, 2.24) is 0 Å². The number of Topliss-reactive ketones (excluding diaryl/α,β-unsaturated/α-hetero) is 1. The van der Waals surface area contributed by atoms with Gasteiger partial charge < -0.3 is 15.2 Å². The van der Waals surface area contributed by atoms with Gasteiger partial charge in [-0.25, -0.2) is 4.79 Å². The summed E-state index contributed by atoms with van der Waals surface area (Å²) in [5.41, 5.74) is 7.27. The maximum atomic E-state index is 12.9. The molecule has 0 amide bonds. The van der Waals surface area contributed by atoms with Gasteiger partial charge in [0, 0.05) is 5.56 Å². The van der Waals surface area contributed by atoms with Crippen LogP contribution >= 0.6 is 0 Å². The van der Waals surface area contributed by atoms with Gasteiger partial charge >= 0.3 is 5.97 Å². The molecule has 1 heterocycles. The highest BCUT2D eigenvalue weighted by atomic mass is 16.5. The monoisotopic (exact) mass is 360 g/mol. The molecule has 0 aliphatic carbocycles. The molecule has 2 N–H and O–H groups in total. The van der Waals surface area contributed by atoms with Gasteiger partial charge in [-0.15, -0.1) is 0 Å². The van der Waals surface area contributed by atoms with E-state index in [1.165, 1.54) is 0 Å². The lowest BCUT2D eigenvalue weighted by Gasteiger charge is -2.28. The van der Waals surface area contributed by atoms with E-state index in [0.29, 0.717) is 11.1 Å². The van der Waals surface area contributed by atoms with E-state index in [9.17, 15) is 14.9 Å². The Morgan fingerprint density at radius 1 is 1.07 bits per heavy atom. The first-order chi connectivity index (χ1) is 13.1. The van der Waals surface area contributed by atoms with Crippen LogP contribution in [0.2, 0.25) is 0 Å². The molecule has 3 rings (SSSR count). The van der Waals surface area contributed by atoms with Crippen LogP contribution in [0, 0.1) is 11.3 Å². The molecule has 6 nitrogen and oxygen atoms in total. The Morgan fingerprint density at radius 3 is 2.22 bits per heavy atom. The second kappa shape index (κ2) is 7.58. The first-order valence-corrected chi connectivity index (χ1v) is 8.13. The van der Waals surface area contributed by atoms with Crippen LogP contribution in [-0.2, 0) is 19.1 Å². The molecule has 1 unspecified atom stereocenters. The SMILES string of the molecule is COC(=O)C(=O)C1=C(c2ccccc2)OC(N)=C(C#N)C1c1ccccc1. The molecule has 0 saturated heterocycles. The molecule has 2 aromatic rings. The number of rotatable bonds is 4. The minimum atomic E-state index is -1.04. The largest absolute Gasteiger partial charge is 0.463 e. The van der Waals surface area contributed by atoms with Crippen molar-refractivity contribution in [2.24, 2.45) is 5.73 Å². The minimum Gasteiger partial charge on any atom is -0.463 e. The van der Waals surface area contributed by atoms with Gasteiger partial charge in [-0.05, 0) is 5.56 Å². The lowest BCUT2D eigenvalue weighted by Crippen LogP contribution is -2.29. The fourth-order valence-electron chi connectivity index (χ4n) is 2.98. The summed E-state index contributed by atoms with van der Waals surface area (Å²) in [6, 6.07) is 19.7. The molecule has 0 saturated carbocycles. The second-order valence-electron chi connectivity index (χ2n) is 5.77. The molecular weight excluding hydrogens is 344 g/mol. The molecule has 1 atom stereocenters. The minimum absolute atomic E-state index is 0.0185. The van der Waals surface area contributed by atoms with Crippen LogP contribution in [0.3, 0.4) is 0 Å². The normalized spacial score (nSPS) is 16.4. The number of carbonyl (C=O) groups excluding carboxylic acids is 2. The van der Waals surface area contributed by atoms with Crippen LogP contribution < -0.4 is 5.73 Å². The smallest absolute Gasteiger partial charge is 0.379 e. The van der Waals surface area contributed by atoms with Crippen molar-refractivity contribution >= 4 is 17.5 Å². The summed E-state index contributed by atoms with van der Waals surface area (Å²) in [5, 5.41) is 9.63. The van der Waals surface area contributed by atoms with Gasteiger partial charge in [0.05, 0.1) is 18.6 Å². The summed E-state index contributed by atoms with van der Waals surface area (Å²) in [4.78, 5) is 24.9. The quantitative estimate of drug-likeness (QED) is 0.664. The molecule has 1 aliphatic rings. The predicted octanol–water partition coefficient (Wildman–Crippen LogP) is 2.65. The zero-order chi connectivity index (χ0) is 19.4. The molecule has 0 radical (unpaired) electrons. The van der Waals surface area contributed by atoms with E-state index >= 15 is 0 Å². The molecule has 27 heavy (non-hydrogen) atoms. The van der Waals surface area contributed by atoms with Crippen molar-refractivity contribution in [3.63, 3.8) is 0 Å². The van der Waals surface area contributed by atoms with Gasteiger partial charge in [-0.2, -0.15) is 5.26 Å². The number of methoxy groups -OCH3 is 1. The van der Waals surface area contributed by atoms with Crippen LogP contribution in [0.25, 0.3) is 5.76 Å². The molecule has 1 aliphatic heterocycles. The Kier molecular flexibility index (Phi) is 5.04. The van der Waals surface area contributed by atoms with E-state index in [1.54, 1.807) is 48.5 Å². The molecular formula is C21H16N2O4. The summed E-state index contributed by atoms with van der Waals surface area (Å²) in [7, 11) is 1.12. The molecule has 6 heteroatoms. The predicted molar refractivity (Wildman–Crippen MR) is 97.5 cm³/mol. The number of ether oxygens (including phenoxy) is 2. The molecule has 0 bridgehead atoms.